The monoisotopic (exact) mass is 304 g/mol. The summed E-state index contributed by atoms with van der Waals surface area (Å²) in [5.41, 5.74) is -0.00249. The van der Waals surface area contributed by atoms with E-state index in [0.717, 1.165) is 18.9 Å². The second-order valence-corrected chi connectivity index (χ2v) is 6.76. The van der Waals surface area contributed by atoms with Gasteiger partial charge in [-0.1, -0.05) is 11.6 Å². The zero-order valence-corrected chi connectivity index (χ0v) is 11.9. The molecule has 1 aromatic rings. The molecule has 2 rings (SSSR count). The maximum absolute atomic E-state index is 12.3. The van der Waals surface area contributed by atoms with Crippen LogP contribution in [0.1, 0.15) is 18.4 Å². The SMILES string of the molecule is Cc1c(Cl)cc(S(=O)(=O)N2CCCC2)cc1[N+](=O)[O-]. The molecule has 0 saturated carbocycles. The highest BCUT2D eigenvalue weighted by molar-refractivity contribution is 7.89. The Balaban J connectivity index is 2.54. The molecular formula is C11H13ClN2O4S. The molecule has 0 radical (unpaired) electrons. The third kappa shape index (κ3) is 2.58. The van der Waals surface area contributed by atoms with E-state index < -0.39 is 14.9 Å². The summed E-state index contributed by atoms with van der Waals surface area (Å²) in [6, 6.07) is 2.35. The molecule has 0 aromatic heterocycles. The molecule has 0 unspecified atom stereocenters. The molecule has 1 fully saturated rings. The largest absolute Gasteiger partial charge is 0.275 e. The zero-order valence-electron chi connectivity index (χ0n) is 10.3. The van der Waals surface area contributed by atoms with E-state index in [0.29, 0.717) is 13.1 Å². The highest BCUT2D eigenvalue weighted by Gasteiger charge is 2.29. The fourth-order valence-corrected chi connectivity index (χ4v) is 3.90. The van der Waals surface area contributed by atoms with Gasteiger partial charge in [-0.15, -0.1) is 0 Å². The second kappa shape index (κ2) is 5.07. The fraction of sp³-hybridized carbons (Fsp3) is 0.455. The Hall–Kier alpha value is -1.18. The van der Waals surface area contributed by atoms with Crippen LogP contribution in [0.3, 0.4) is 0 Å². The van der Waals surface area contributed by atoms with Crippen LogP contribution >= 0.6 is 11.6 Å². The van der Waals surface area contributed by atoms with Gasteiger partial charge in [-0.25, -0.2) is 8.42 Å². The number of sulfonamides is 1. The van der Waals surface area contributed by atoms with Crippen molar-refractivity contribution < 1.29 is 13.3 Å². The predicted molar refractivity (Wildman–Crippen MR) is 70.8 cm³/mol. The molecule has 1 aliphatic heterocycles. The van der Waals surface area contributed by atoms with Crippen molar-refractivity contribution in [1.82, 2.24) is 4.31 Å². The van der Waals surface area contributed by atoms with Crippen molar-refractivity contribution in [1.29, 1.82) is 0 Å². The maximum atomic E-state index is 12.3. The highest BCUT2D eigenvalue weighted by Crippen LogP contribution is 2.31. The van der Waals surface area contributed by atoms with Crippen LogP contribution in [0.25, 0.3) is 0 Å². The quantitative estimate of drug-likeness (QED) is 0.634. The third-order valence-electron chi connectivity index (χ3n) is 3.19. The standard InChI is InChI=1S/C11H13ClN2O4S/c1-8-10(12)6-9(7-11(8)14(15)16)19(17,18)13-4-2-3-5-13/h6-7H,2-5H2,1H3. The van der Waals surface area contributed by atoms with E-state index >= 15 is 0 Å². The number of halogens is 1. The lowest BCUT2D eigenvalue weighted by Crippen LogP contribution is -2.28. The summed E-state index contributed by atoms with van der Waals surface area (Å²) in [4.78, 5) is 10.2. The average molecular weight is 305 g/mol. The first-order valence-electron chi connectivity index (χ1n) is 5.78. The van der Waals surface area contributed by atoms with Gasteiger partial charge >= 0.3 is 0 Å². The minimum absolute atomic E-state index is 0.0898. The van der Waals surface area contributed by atoms with Gasteiger partial charge in [0, 0.05) is 24.7 Å². The topological polar surface area (TPSA) is 80.5 Å². The third-order valence-corrected chi connectivity index (χ3v) is 5.46. The van der Waals surface area contributed by atoms with Crippen LogP contribution in [0.5, 0.6) is 0 Å². The fourth-order valence-electron chi connectivity index (χ4n) is 2.06. The van der Waals surface area contributed by atoms with Crippen molar-refractivity contribution in [3.8, 4) is 0 Å². The maximum Gasteiger partial charge on any atom is 0.275 e. The van der Waals surface area contributed by atoms with Gasteiger partial charge in [0.1, 0.15) is 0 Å². The van der Waals surface area contributed by atoms with Gasteiger partial charge < -0.3 is 0 Å². The van der Waals surface area contributed by atoms with Crippen molar-refractivity contribution in [2.24, 2.45) is 0 Å². The number of benzene rings is 1. The van der Waals surface area contributed by atoms with Crippen LogP contribution in [0.2, 0.25) is 5.02 Å². The Kier molecular flexibility index (Phi) is 3.80. The normalized spacial score (nSPS) is 16.7. The van der Waals surface area contributed by atoms with E-state index in [1.165, 1.54) is 17.3 Å². The second-order valence-electron chi connectivity index (χ2n) is 4.42. The lowest BCUT2D eigenvalue weighted by atomic mass is 10.2. The van der Waals surface area contributed by atoms with E-state index in [-0.39, 0.29) is 21.2 Å². The highest BCUT2D eigenvalue weighted by atomic mass is 35.5. The Morgan fingerprint density at radius 2 is 1.89 bits per heavy atom. The summed E-state index contributed by atoms with van der Waals surface area (Å²) in [6.45, 7) is 2.38. The van der Waals surface area contributed by atoms with Gasteiger partial charge in [-0.3, -0.25) is 10.1 Å². The lowest BCUT2D eigenvalue weighted by Gasteiger charge is -2.16. The Bertz CT molecular complexity index is 624. The summed E-state index contributed by atoms with van der Waals surface area (Å²) < 4.78 is 26.0. The first-order chi connectivity index (χ1) is 8.84. The van der Waals surface area contributed by atoms with E-state index in [1.54, 1.807) is 0 Å². The van der Waals surface area contributed by atoms with Crippen LogP contribution in [0, 0.1) is 17.0 Å². The van der Waals surface area contributed by atoms with Gasteiger partial charge in [0.25, 0.3) is 5.69 Å². The van der Waals surface area contributed by atoms with E-state index in [1.807, 2.05) is 0 Å². The molecule has 0 atom stereocenters. The molecule has 1 heterocycles. The molecular weight excluding hydrogens is 292 g/mol. The predicted octanol–water partition coefficient (Wildman–Crippen LogP) is 2.34. The number of nitrogens with zero attached hydrogens (tertiary/aromatic N) is 2. The number of hydrogen-bond donors (Lipinski definition) is 0. The molecule has 1 saturated heterocycles. The molecule has 8 heteroatoms. The van der Waals surface area contributed by atoms with Crippen molar-refractivity contribution >= 4 is 27.3 Å². The number of nitro groups is 1. The molecule has 0 bridgehead atoms. The molecule has 6 nitrogen and oxygen atoms in total. The summed E-state index contributed by atoms with van der Waals surface area (Å²) in [7, 11) is -3.69. The Morgan fingerprint density at radius 1 is 1.32 bits per heavy atom. The van der Waals surface area contributed by atoms with Crippen LogP contribution in [0.4, 0.5) is 5.69 Å². The van der Waals surface area contributed by atoms with Gasteiger partial charge in [-0.2, -0.15) is 4.31 Å². The Morgan fingerprint density at radius 3 is 2.42 bits per heavy atom. The summed E-state index contributed by atoms with van der Waals surface area (Å²) in [5.74, 6) is 0. The van der Waals surface area contributed by atoms with E-state index in [2.05, 4.69) is 0 Å². The number of nitro benzene ring substituents is 1. The number of hydrogen-bond acceptors (Lipinski definition) is 4. The van der Waals surface area contributed by atoms with Crippen molar-refractivity contribution in [3.05, 3.63) is 32.8 Å². The first kappa shape index (κ1) is 14.2. The zero-order chi connectivity index (χ0) is 14.2. The van der Waals surface area contributed by atoms with E-state index in [9.17, 15) is 18.5 Å². The lowest BCUT2D eigenvalue weighted by molar-refractivity contribution is -0.385. The molecule has 104 valence electrons. The minimum Gasteiger partial charge on any atom is -0.258 e. The smallest absolute Gasteiger partial charge is 0.258 e. The summed E-state index contributed by atoms with van der Waals surface area (Å²) in [5, 5.41) is 11.0. The Labute approximate surface area is 116 Å². The first-order valence-corrected chi connectivity index (χ1v) is 7.60. The van der Waals surface area contributed by atoms with Crippen LogP contribution in [-0.4, -0.2) is 30.7 Å². The van der Waals surface area contributed by atoms with Crippen molar-refractivity contribution in [2.75, 3.05) is 13.1 Å². The van der Waals surface area contributed by atoms with E-state index in [4.69, 9.17) is 11.6 Å². The van der Waals surface area contributed by atoms with Crippen LogP contribution in [-0.2, 0) is 10.0 Å². The minimum atomic E-state index is -3.69. The van der Waals surface area contributed by atoms with Gasteiger partial charge in [0.2, 0.25) is 10.0 Å². The van der Waals surface area contributed by atoms with Gasteiger partial charge in [-0.05, 0) is 25.8 Å². The average Bonchev–Trinajstić information content (AvgIpc) is 2.86. The number of rotatable bonds is 3. The molecule has 1 aromatic carbocycles. The molecule has 0 N–H and O–H groups in total. The van der Waals surface area contributed by atoms with Gasteiger partial charge in [0.15, 0.2) is 0 Å². The molecule has 0 amide bonds. The molecule has 19 heavy (non-hydrogen) atoms. The van der Waals surface area contributed by atoms with Crippen LogP contribution < -0.4 is 0 Å². The summed E-state index contributed by atoms with van der Waals surface area (Å²) in [6.07, 6.45) is 1.61. The van der Waals surface area contributed by atoms with Crippen LogP contribution in [0.15, 0.2) is 17.0 Å². The van der Waals surface area contributed by atoms with Crippen molar-refractivity contribution in [3.63, 3.8) is 0 Å². The molecule has 0 spiro atoms. The summed E-state index contributed by atoms with van der Waals surface area (Å²) >= 11 is 5.89. The van der Waals surface area contributed by atoms with Crippen molar-refractivity contribution in [2.45, 2.75) is 24.7 Å². The molecule has 1 aliphatic rings. The molecule has 0 aliphatic carbocycles. The van der Waals surface area contributed by atoms with Gasteiger partial charge in [0.05, 0.1) is 14.8 Å².